The molecule has 0 N–H and O–H groups in total. The third kappa shape index (κ3) is 2.75. The summed E-state index contributed by atoms with van der Waals surface area (Å²) in [6.45, 7) is 4.47. The number of nitrogens with zero attached hydrogens (tertiary/aromatic N) is 4. The fourth-order valence-electron chi connectivity index (χ4n) is 5.21. The number of para-hydroxylation sites is 2. The Morgan fingerprint density at radius 3 is 2.54 bits per heavy atom. The van der Waals surface area contributed by atoms with Gasteiger partial charge in [0.25, 0.3) is 11.8 Å². The van der Waals surface area contributed by atoms with Gasteiger partial charge in [0.15, 0.2) is 11.0 Å². The summed E-state index contributed by atoms with van der Waals surface area (Å²) in [6.07, 6.45) is 2.28. The number of rotatable bonds is 5. The van der Waals surface area contributed by atoms with Gasteiger partial charge in [-0.2, -0.15) is 0 Å². The van der Waals surface area contributed by atoms with E-state index in [0.29, 0.717) is 41.6 Å². The minimum atomic E-state index is -1.70. The summed E-state index contributed by atoms with van der Waals surface area (Å²) in [4.78, 5) is 45.4. The summed E-state index contributed by atoms with van der Waals surface area (Å²) in [7, 11) is 0. The molecule has 8 nitrogen and oxygen atoms in total. The number of anilines is 2. The Labute approximate surface area is 204 Å². The second kappa shape index (κ2) is 7.84. The van der Waals surface area contributed by atoms with Crippen molar-refractivity contribution < 1.29 is 14.0 Å². The monoisotopic (exact) mass is 486 g/mol. The van der Waals surface area contributed by atoms with Crippen LogP contribution in [0.3, 0.4) is 0 Å². The van der Waals surface area contributed by atoms with E-state index >= 15 is 0 Å². The average molecular weight is 487 g/mol. The first-order chi connectivity index (χ1) is 17.0. The van der Waals surface area contributed by atoms with Crippen LogP contribution in [-0.4, -0.2) is 28.6 Å². The number of fused-ring (bicyclic) bond motifs is 5. The molecule has 1 spiro atoms. The average Bonchev–Trinajstić information content (AvgIpc) is 3.50. The maximum Gasteiger partial charge on any atom is 0.297 e. The Bertz CT molecular complexity index is 1580. The Morgan fingerprint density at radius 1 is 0.971 bits per heavy atom. The van der Waals surface area contributed by atoms with Gasteiger partial charge in [-0.25, -0.2) is 0 Å². The lowest BCUT2D eigenvalue weighted by Gasteiger charge is -2.32. The number of aryl methyl sites for hydroxylation is 1. The third-order valence-electron chi connectivity index (χ3n) is 6.59. The fourth-order valence-corrected chi connectivity index (χ4v) is 6.20. The zero-order valence-corrected chi connectivity index (χ0v) is 20.1. The van der Waals surface area contributed by atoms with Crippen LogP contribution in [-0.2, 0) is 16.8 Å². The van der Waals surface area contributed by atoms with Gasteiger partial charge in [-0.05, 0) is 31.0 Å². The molecule has 2 aromatic carbocycles. The molecule has 2 aromatic heterocycles. The lowest BCUT2D eigenvalue weighted by atomic mass is 9.84. The molecule has 4 heterocycles. The molecule has 176 valence electrons. The summed E-state index contributed by atoms with van der Waals surface area (Å²) in [5.41, 5.74) is -0.501. The van der Waals surface area contributed by atoms with Gasteiger partial charge in [-0.15, -0.1) is 10.2 Å². The zero-order chi connectivity index (χ0) is 24.3. The number of aromatic nitrogens is 2. The smallest absolute Gasteiger partial charge is 0.297 e. The highest BCUT2D eigenvalue weighted by Gasteiger charge is 2.66. The van der Waals surface area contributed by atoms with Gasteiger partial charge in [0.2, 0.25) is 10.9 Å². The van der Waals surface area contributed by atoms with E-state index in [1.807, 2.05) is 32.0 Å². The van der Waals surface area contributed by atoms with Gasteiger partial charge >= 0.3 is 0 Å². The topological polar surface area (TPSA) is 96.6 Å². The Kier molecular flexibility index (Phi) is 4.86. The molecule has 0 fully saturated rings. The molecule has 0 radical (unpaired) electrons. The molecule has 35 heavy (non-hydrogen) atoms. The third-order valence-corrected chi connectivity index (χ3v) is 7.56. The van der Waals surface area contributed by atoms with Gasteiger partial charge in [-0.3, -0.25) is 19.3 Å². The van der Waals surface area contributed by atoms with Crippen LogP contribution in [0.1, 0.15) is 53.4 Å². The summed E-state index contributed by atoms with van der Waals surface area (Å²) in [5.74, 6) is -1.05. The molecule has 9 heteroatoms. The molecule has 4 aromatic rings. The Morgan fingerprint density at radius 2 is 1.74 bits per heavy atom. The summed E-state index contributed by atoms with van der Waals surface area (Å²) >= 11 is 1.26. The van der Waals surface area contributed by atoms with Crippen LogP contribution in [0.4, 0.5) is 10.8 Å². The van der Waals surface area contributed by atoms with E-state index in [-0.39, 0.29) is 22.4 Å². The van der Waals surface area contributed by atoms with Crippen LogP contribution >= 0.6 is 11.3 Å². The predicted molar refractivity (Wildman–Crippen MR) is 133 cm³/mol. The second-order valence-corrected chi connectivity index (χ2v) is 9.73. The molecule has 0 aliphatic carbocycles. The first-order valence-corrected chi connectivity index (χ1v) is 12.5. The van der Waals surface area contributed by atoms with Crippen LogP contribution in [0.15, 0.2) is 57.7 Å². The largest absolute Gasteiger partial charge is 0.450 e. The van der Waals surface area contributed by atoms with Crippen LogP contribution in [0, 0.1) is 0 Å². The summed E-state index contributed by atoms with van der Waals surface area (Å²) in [6, 6.07) is 14.1. The molecule has 0 saturated carbocycles. The van der Waals surface area contributed by atoms with E-state index in [0.717, 1.165) is 11.4 Å². The van der Waals surface area contributed by atoms with Crippen LogP contribution in [0.2, 0.25) is 0 Å². The first-order valence-electron chi connectivity index (χ1n) is 11.7. The predicted octanol–water partition coefficient (Wildman–Crippen LogP) is 4.26. The highest BCUT2D eigenvalue weighted by atomic mass is 32.1. The number of benzene rings is 2. The van der Waals surface area contributed by atoms with Crippen molar-refractivity contribution in [2.45, 2.75) is 38.6 Å². The summed E-state index contributed by atoms with van der Waals surface area (Å²) < 4.78 is 6.04. The maximum absolute atomic E-state index is 14.4. The van der Waals surface area contributed by atoms with Crippen molar-refractivity contribution in [1.29, 1.82) is 0 Å². The van der Waals surface area contributed by atoms with Gasteiger partial charge in [-0.1, -0.05) is 55.5 Å². The van der Waals surface area contributed by atoms with Crippen molar-refractivity contribution >= 4 is 44.9 Å². The van der Waals surface area contributed by atoms with E-state index < -0.39 is 16.9 Å². The van der Waals surface area contributed by atoms with Crippen molar-refractivity contribution in [3.8, 4) is 0 Å². The van der Waals surface area contributed by atoms with Gasteiger partial charge in [0, 0.05) is 18.5 Å². The van der Waals surface area contributed by atoms with Crippen molar-refractivity contribution in [3.05, 3.63) is 80.6 Å². The molecule has 2 amide bonds. The number of amides is 2. The molecule has 2 aliphatic heterocycles. The summed E-state index contributed by atoms with van der Waals surface area (Å²) in [5, 5.41) is 9.92. The molecule has 1 atom stereocenters. The second-order valence-electron chi connectivity index (χ2n) is 8.68. The maximum atomic E-state index is 14.4. The quantitative estimate of drug-likeness (QED) is 0.418. The van der Waals surface area contributed by atoms with Crippen LogP contribution < -0.4 is 15.2 Å². The number of carbonyl (C=O) groups is 2. The van der Waals surface area contributed by atoms with Crippen molar-refractivity contribution in [2.75, 3.05) is 16.3 Å². The molecular weight excluding hydrogens is 464 g/mol. The number of hydrogen-bond acceptors (Lipinski definition) is 7. The van der Waals surface area contributed by atoms with Gasteiger partial charge in [0.1, 0.15) is 10.6 Å². The molecule has 6 rings (SSSR count). The molecule has 0 bridgehead atoms. The standard InChI is InChI=1S/C26H22N4O4S/c1-3-9-19-27-28-25(35-19)30-23(32)22-20(21(31)15-10-5-8-13-18(15)34-22)26(30)16-11-6-7-12-17(16)29(14-4-2)24(26)33/h5-8,10-13H,3-4,9,14H2,1-2H3. The van der Waals surface area contributed by atoms with Crippen molar-refractivity contribution in [1.82, 2.24) is 10.2 Å². The van der Waals surface area contributed by atoms with E-state index in [2.05, 4.69) is 10.2 Å². The Balaban J connectivity index is 1.73. The SMILES string of the molecule is CCCc1nnc(N2C(=O)c3oc4ccccc4c(=O)c3C23C(=O)N(CCC)c2ccccc23)s1. The molecular formula is C26H22N4O4S. The fraction of sp³-hybridized carbons (Fsp3) is 0.269. The first kappa shape index (κ1) is 21.7. The highest BCUT2D eigenvalue weighted by molar-refractivity contribution is 7.15. The normalized spacial score (nSPS) is 18.7. The van der Waals surface area contributed by atoms with Crippen LogP contribution in [0.25, 0.3) is 11.0 Å². The van der Waals surface area contributed by atoms with Gasteiger partial charge in [0.05, 0.1) is 16.6 Å². The van der Waals surface area contributed by atoms with E-state index in [4.69, 9.17) is 4.42 Å². The number of hydrogen-bond donors (Lipinski definition) is 0. The highest BCUT2D eigenvalue weighted by Crippen LogP contribution is 2.54. The van der Waals surface area contributed by atoms with E-state index in [1.165, 1.54) is 16.2 Å². The minimum absolute atomic E-state index is 0.0458. The zero-order valence-electron chi connectivity index (χ0n) is 19.3. The lowest BCUT2D eigenvalue weighted by molar-refractivity contribution is -0.121. The molecule has 1 unspecified atom stereocenters. The minimum Gasteiger partial charge on any atom is -0.450 e. The van der Waals surface area contributed by atoms with Crippen molar-refractivity contribution in [3.63, 3.8) is 0 Å². The van der Waals surface area contributed by atoms with E-state index in [9.17, 15) is 14.4 Å². The molecule has 0 saturated heterocycles. The van der Waals surface area contributed by atoms with Crippen LogP contribution in [0.5, 0.6) is 0 Å². The number of carbonyl (C=O) groups excluding carboxylic acids is 2. The van der Waals surface area contributed by atoms with Crippen molar-refractivity contribution in [2.24, 2.45) is 0 Å². The molecule has 2 aliphatic rings. The lowest BCUT2D eigenvalue weighted by Crippen LogP contribution is -2.53. The van der Waals surface area contributed by atoms with Gasteiger partial charge < -0.3 is 9.32 Å². The van der Waals surface area contributed by atoms with E-state index in [1.54, 1.807) is 35.2 Å². The Hall–Kier alpha value is -3.85.